The van der Waals surface area contributed by atoms with Crippen molar-refractivity contribution in [3.8, 4) is 0 Å². The summed E-state index contributed by atoms with van der Waals surface area (Å²) >= 11 is 0. The van der Waals surface area contributed by atoms with Crippen molar-refractivity contribution in [1.82, 2.24) is 9.80 Å². The van der Waals surface area contributed by atoms with Gasteiger partial charge in [-0.1, -0.05) is 0 Å². The number of hydrogen-bond acceptors (Lipinski definition) is 3. The van der Waals surface area contributed by atoms with Crippen LogP contribution < -0.4 is 5.73 Å². The third-order valence-electron chi connectivity index (χ3n) is 3.89. The van der Waals surface area contributed by atoms with E-state index in [9.17, 15) is 0 Å². The second-order valence-electron chi connectivity index (χ2n) is 4.92. The Labute approximate surface area is 87.2 Å². The van der Waals surface area contributed by atoms with E-state index in [1.165, 1.54) is 32.5 Å². The van der Waals surface area contributed by atoms with Crippen LogP contribution in [0.1, 0.15) is 26.7 Å². The van der Waals surface area contributed by atoms with E-state index >= 15 is 0 Å². The zero-order valence-corrected chi connectivity index (χ0v) is 9.45. The molecule has 2 fully saturated rings. The highest BCUT2D eigenvalue weighted by Gasteiger charge is 2.35. The molecule has 0 aliphatic carbocycles. The van der Waals surface area contributed by atoms with Gasteiger partial charge >= 0.3 is 0 Å². The van der Waals surface area contributed by atoms with Gasteiger partial charge < -0.3 is 5.73 Å². The van der Waals surface area contributed by atoms with E-state index in [1.807, 2.05) is 0 Å². The number of rotatable bonds is 2. The first-order valence-electron chi connectivity index (χ1n) is 5.92. The number of fused-ring (bicyclic) bond motifs is 1. The molecule has 2 aliphatic heterocycles. The summed E-state index contributed by atoms with van der Waals surface area (Å²) in [6.07, 6.45) is 2.78. The lowest BCUT2D eigenvalue weighted by atomic mass is 10.1. The van der Waals surface area contributed by atoms with E-state index in [0.717, 1.165) is 12.6 Å². The highest BCUT2D eigenvalue weighted by atomic mass is 15.3. The number of nitrogens with zero attached hydrogens (tertiary/aromatic N) is 2. The normalized spacial score (nSPS) is 37.1. The predicted molar refractivity (Wildman–Crippen MR) is 59.3 cm³/mol. The van der Waals surface area contributed by atoms with Crippen molar-refractivity contribution in [2.45, 2.75) is 44.8 Å². The van der Waals surface area contributed by atoms with E-state index in [2.05, 4.69) is 23.6 Å². The molecule has 0 amide bonds. The second kappa shape index (κ2) is 4.17. The van der Waals surface area contributed by atoms with Crippen molar-refractivity contribution < 1.29 is 0 Å². The Morgan fingerprint density at radius 1 is 1.43 bits per heavy atom. The Morgan fingerprint density at radius 2 is 2.21 bits per heavy atom. The minimum absolute atomic E-state index is 0.549. The maximum Gasteiger partial charge on any atom is 0.0224 e. The largest absolute Gasteiger partial charge is 0.329 e. The molecule has 2 heterocycles. The summed E-state index contributed by atoms with van der Waals surface area (Å²) < 4.78 is 0. The van der Waals surface area contributed by atoms with Gasteiger partial charge in [0, 0.05) is 37.8 Å². The molecule has 0 saturated carbocycles. The first kappa shape index (κ1) is 10.4. The van der Waals surface area contributed by atoms with Crippen molar-refractivity contribution in [3.05, 3.63) is 0 Å². The van der Waals surface area contributed by atoms with Crippen LogP contribution in [0.4, 0.5) is 0 Å². The maximum absolute atomic E-state index is 5.75. The lowest BCUT2D eigenvalue weighted by Gasteiger charge is -2.45. The van der Waals surface area contributed by atoms with Crippen LogP contribution in [0.15, 0.2) is 0 Å². The third-order valence-corrected chi connectivity index (χ3v) is 3.89. The van der Waals surface area contributed by atoms with Crippen LogP contribution in [0.2, 0.25) is 0 Å². The van der Waals surface area contributed by atoms with Crippen LogP contribution in [0.5, 0.6) is 0 Å². The fourth-order valence-electron chi connectivity index (χ4n) is 2.96. The Hall–Kier alpha value is -0.120. The third kappa shape index (κ3) is 1.81. The molecule has 0 radical (unpaired) electrons. The van der Waals surface area contributed by atoms with Crippen LogP contribution >= 0.6 is 0 Å². The molecular formula is C11H23N3. The molecule has 82 valence electrons. The minimum Gasteiger partial charge on any atom is -0.329 e. The van der Waals surface area contributed by atoms with E-state index in [1.54, 1.807) is 0 Å². The molecule has 0 aromatic rings. The van der Waals surface area contributed by atoms with Crippen molar-refractivity contribution >= 4 is 0 Å². The molecule has 14 heavy (non-hydrogen) atoms. The average Bonchev–Trinajstić information content (AvgIpc) is 2.62. The van der Waals surface area contributed by atoms with E-state index in [0.29, 0.717) is 12.1 Å². The first-order chi connectivity index (χ1) is 6.72. The maximum atomic E-state index is 5.75. The molecule has 0 bridgehead atoms. The highest BCUT2D eigenvalue weighted by Crippen LogP contribution is 2.25. The van der Waals surface area contributed by atoms with E-state index < -0.39 is 0 Å². The van der Waals surface area contributed by atoms with Crippen LogP contribution in [0.3, 0.4) is 0 Å². The smallest absolute Gasteiger partial charge is 0.0224 e. The minimum atomic E-state index is 0.549. The van der Waals surface area contributed by atoms with E-state index in [-0.39, 0.29) is 0 Å². The summed E-state index contributed by atoms with van der Waals surface area (Å²) in [6.45, 7) is 9.17. The van der Waals surface area contributed by atoms with Crippen LogP contribution in [0, 0.1) is 0 Å². The first-order valence-corrected chi connectivity index (χ1v) is 5.92. The van der Waals surface area contributed by atoms with Gasteiger partial charge in [0.05, 0.1) is 0 Å². The van der Waals surface area contributed by atoms with Crippen molar-refractivity contribution in [2.24, 2.45) is 5.73 Å². The standard InChI is InChI=1S/C11H23N3/c1-9(6-12)14-8-11-4-3-5-13(11)7-10(14)2/h9-11H,3-8,12H2,1-2H3. The van der Waals surface area contributed by atoms with Gasteiger partial charge in [0.1, 0.15) is 0 Å². The molecule has 2 rings (SSSR count). The van der Waals surface area contributed by atoms with Gasteiger partial charge in [-0.3, -0.25) is 9.80 Å². The van der Waals surface area contributed by atoms with Gasteiger partial charge in [-0.15, -0.1) is 0 Å². The summed E-state index contributed by atoms with van der Waals surface area (Å²) in [5, 5.41) is 0. The Morgan fingerprint density at radius 3 is 2.93 bits per heavy atom. The number of nitrogens with two attached hydrogens (primary N) is 1. The van der Waals surface area contributed by atoms with Gasteiger partial charge in [0.15, 0.2) is 0 Å². The van der Waals surface area contributed by atoms with Crippen LogP contribution in [0.25, 0.3) is 0 Å². The molecule has 3 nitrogen and oxygen atoms in total. The zero-order valence-electron chi connectivity index (χ0n) is 9.45. The topological polar surface area (TPSA) is 32.5 Å². The molecule has 0 aromatic heterocycles. The summed E-state index contributed by atoms with van der Waals surface area (Å²) in [5.74, 6) is 0. The lowest BCUT2D eigenvalue weighted by Crippen LogP contribution is -2.58. The lowest BCUT2D eigenvalue weighted by molar-refractivity contribution is 0.0355. The molecule has 3 atom stereocenters. The quantitative estimate of drug-likeness (QED) is 0.700. The fourth-order valence-corrected chi connectivity index (χ4v) is 2.96. The Kier molecular flexibility index (Phi) is 3.10. The second-order valence-corrected chi connectivity index (χ2v) is 4.92. The summed E-state index contributed by atoms with van der Waals surface area (Å²) in [7, 11) is 0. The highest BCUT2D eigenvalue weighted by molar-refractivity contribution is 4.92. The fraction of sp³-hybridized carbons (Fsp3) is 1.00. The van der Waals surface area contributed by atoms with E-state index in [4.69, 9.17) is 5.73 Å². The van der Waals surface area contributed by atoms with Gasteiger partial charge in [-0.05, 0) is 33.2 Å². The molecular weight excluding hydrogens is 174 g/mol. The SMILES string of the molecule is CC(CN)N1CC2CCCN2CC1C. The monoisotopic (exact) mass is 197 g/mol. The van der Waals surface area contributed by atoms with Crippen molar-refractivity contribution in [3.63, 3.8) is 0 Å². The molecule has 3 unspecified atom stereocenters. The van der Waals surface area contributed by atoms with Crippen molar-refractivity contribution in [2.75, 3.05) is 26.2 Å². The van der Waals surface area contributed by atoms with Crippen LogP contribution in [-0.2, 0) is 0 Å². The number of hydrogen-bond donors (Lipinski definition) is 1. The van der Waals surface area contributed by atoms with Gasteiger partial charge in [0.25, 0.3) is 0 Å². The molecule has 2 N–H and O–H groups in total. The zero-order chi connectivity index (χ0) is 10.1. The van der Waals surface area contributed by atoms with Gasteiger partial charge in [-0.25, -0.2) is 0 Å². The number of piperazine rings is 1. The predicted octanol–water partition coefficient (Wildman–Crippen LogP) is 0.502. The molecule has 2 aliphatic rings. The Balaban J connectivity index is 1.99. The molecule has 3 heteroatoms. The molecule has 2 saturated heterocycles. The average molecular weight is 197 g/mol. The van der Waals surface area contributed by atoms with Gasteiger partial charge in [-0.2, -0.15) is 0 Å². The molecule has 0 aromatic carbocycles. The van der Waals surface area contributed by atoms with Crippen molar-refractivity contribution in [1.29, 1.82) is 0 Å². The summed E-state index contributed by atoms with van der Waals surface area (Å²) in [6, 6.07) is 2.05. The summed E-state index contributed by atoms with van der Waals surface area (Å²) in [5.41, 5.74) is 5.75. The molecule has 0 spiro atoms. The Bertz CT molecular complexity index is 195. The van der Waals surface area contributed by atoms with Crippen LogP contribution in [-0.4, -0.2) is 54.1 Å². The summed E-state index contributed by atoms with van der Waals surface area (Å²) in [4.78, 5) is 5.25. The van der Waals surface area contributed by atoms with Gasteiger partial charge in [0.2, 0.25) is 0 Å².